The molecule has 0 heterocycles. The molecule has 15 heavy (non-hydrogen) atoms. The Morgan fingerprint density at radius 1 is 1.07 bits per heavy atom. The van der Waals surface area contributed by atoms with Crippen molar-refractivity contribution in [2.45, 2.75) is 12.8 Å². The molecular formula is C9H12O6. The van der Waals surface area contributed by atoms with Crippen LogP contribution in [0.3, 0.4) is 0 Å². The minimum absolute atomic E-state index is 0.00463. The highest BCUT2D eigenvalue weighted by Crippen LogP contribution is 2.01. The van der Waals surface area contributed by atoms with Crippen LogP contribution in [-0.4, -0.2) is 33.2 Å². The van der Waals surface area contributed by atoms with E-state index in [1.165, 1.54) is 0 Å². The van der Waals surface area contributed by atoms with E-state index in [0.717, 1.165) is 6.08 Å². The van der Waals surface area contributed by atoms with Crippen molar-refractivity contribution in [3.63, 3.8) is 0 Å². The van der Waals surface area contributed by atoms with Crippen molar-refractivity contribution in [3.8, 4) is 0 Å². The van der Waals surface area contributed by atoms with Crippen LogP contribution in [0.15, 0.2) is 24.8 Å². The lowest BCUT2D eigenvalue weighted by atomic mass is 10.2. The number of hydrogen-bond donors (Lipinski definition) is 3. The van der Waals surface area contributed by atoms with Gasteiger partial charge in [-0.25, -0.2) is 9.59 Å². The molecule has 0 aromatic heterocycles. The van der Waals surface area contributed by atoms with Crippen molar-refractivity contribution < 1.29 is 29.7 Å². The summed E-state index contributed by atoms with van der Waals surface area (Å²) in [6.45, 7) is 6.12. The molecule has 0 bridgehead atoms. The molecule has 3 N–H and O–H groups in total. The number of carboxylic acid groups (broad SMARTS) is 3. The van der Waals surface area contributed by atoms with Crippen LogP contribution in [0.2, 0.25) is 0 Å². The lowest BCUT2D eigenvalue weighted by Gasteiger charge is -1.94. The van der Waals surface area contributed by atoms with E-state index in [9.17, 15) is 14.4 Å². The summed E-state index contributed by atoms with van der Waals surface area (Å²) in [5.41, 5.74) is -0.0672. The SMILES string of the molecule is C=C(CCC(=O)O)C(=O)O.C=CC(=O)O. The van der Waals surface area contributed by atoms with Gasteiger partial charge in [0.15, 0.2) is 0 Å². The van der Waals surface area contributed by atoms with Gasteiger partial charge in [-0.2, -0.15) is 0 Å². The Kier molecular flexibility index (Phi) is 8.69. The second kappa shape index (κ2) is 8.49. The van der Waals surface area contributed by atoms with Gasteiger partial charge in [-0.05, 0) is 6.42 Å². The van der Waals surface area contributed by atoms with E-state index in [2.05, 4.69) is 13.2 Å². The maximum absolute atomic E-state index is 10.0. The van der Waals surface area contributed by atoms with Crippen LogP contribution in [-0.2, 0) is 14.4 Å². The summed E-state index contributed by atoms with van der Waals surface area (Å²) in [6.07, 6.45) is 0.663. The molecule has 0 radical (unpaired) electrons. The van der Waals surface area contributed by atoms with Crippen LogP contribution in [0, 0.1) is 0 Å². The molecule has 0 atom stereocenters. The third-order valence-corrected chi connectivity index (χ3v) is 1.12. The maximum Gasteiger partial charge on any atom is 0.330 e. The predicted octanol–water partition coefficient (Wildman–Crippen LogP) is 0.749. The molecule has 0 aromatic rings. The first-order valence-electron chi connectivity index (χ1n) is 3.79. The molecule has 84 valence electrons. The first-order valence-corrected chi connectivity index (χ1v) is 3.79. The summed E-state index contributed by atoms with van der Waals surface area (Å²) in [5, 5.41) is 23.9. The first kappa shape index (κ1) is 15.4. The normalized spacial score (nSPS) is 8.00. The monoisotopic (exact) mass is 216 g/mol. The van der Waals surface area contributed by atoms with Gasteiger partial charge in [0.1, 0.15) is 0 Å². The zero-order valence-corrected chi connectivity index (χ0v) is 7.97. The average molecular weight is 216 g/mol. The molecule has 0 saturated carbocycles. The number of rotatable bonds is 5. The van der Waals surface area contributed by atoms with E-state index in [1.54, 1.807) is 0 Å². The highest BCUT2D eigenvalue weighted by molar-refractivity contribution is 5.86. The Bertz CT molecular complexity index is 278. The molecule has 0 unspecified atom stereocenters. The summed E-state index contributed by atoms with van der Waals surface area (Å²) in [6, 6.07) is 0. The molecule has 0 amide bonds. The van der Waals surface area contributed by atoms with Gasteiger partial charge in [0.25, 0.3) is 0 Å². The molecule has 0 aliphatic heterocycles. The number of aliphatic carboxylic acids is 3. The molecular weight excluding hydrogens is 204 g/mol. The summed E-state index contributed by atoms with van der Waals surface area (Å²) in [4.78, 5) is 29.2. The van der Waals surface area contributed by atoms with Gasteiger partial charge in [-0.1, -0.05) is 13.2 Å². The van der Waals surface area contributed by atoms with E-state index >= 15 is 0 Å². The van der Waals surface area contributed by atoms with Gasteiger partial charge in [-0.15, -0.1) is 0 Å². The molecule has 6 nitrogen and oxygen atoms in total. The fourth-order valence-electron chi connectivity index (χ4n) is 0.365. The van der Waals surface area contributed by atoms with Gasteiger partial charge in [-0.3, -0.25) is 4.79 Å². The lowest BCUT2D eigenvalue weighted by molar-refractivity contribution is -0.137. The lowest BCUT2D eigenvalue weighted by Crippen LogP contribution is -2.02. The van der Waals surface area contributed by atoms with E-state index in [-0.39, 0.29) is 18.4 Å². The first-order chi connectivity index (χ1) is 6.81. The summed E-state index contributed by atoms with van der Waals surface area (Å²) < 4.78 is 0. The smallest absolute Gasteiger partial charge is 0.330 e. The summed E-state index contributed by atoms with van der Waals surface area (Å²) in [5.74, 6) is -3.13. The molecule has 0 spiro atoms. The fraction of sp³-hybridized carbons (Fsp3) is 0.222. The Balaban J connectivity index is 0. The van der Waals surface area contributed by atoms with Crippen LogP contribution < -0.4 is 0 Å². The summed E-state index contributed by atoms with van der Waals surface area (Å²) in [7, 11) is 0. The van der Waals surface area contributed by atoms with Gasteiger partial charge in [0, 0.05) is 18.1 Å². The molecule has 6 heteroatoms. The molecule has 0 aliphatic rings. The largest absolute Gasteiger partial charge is 0.481 e. The van der Waals surface area contributed by atoms with Crippen molar-refractivity contribution in [3.05, 3.63) is 24.8 Å². The number of hydrogen-bond acceptors (Lipinski definition) is 3. The van der Waals surface area contributed by atoms with Crippen LogP contribution >= 0.6 is 0 Å². The van der Waals surface area contributed by atoms with Crippen molar-refractivity contribution >= 4 is 17.9 Å². The quantitative estimate of drug-likeness (QED) is 0.584. The minimum Gasteiger partial charge on any atom is -0.481 e. The molecule has 0 aliphatic carbocycles. The fourth-order valence-corrected chi connectivity index (χ4v) is 0.365. The van der Waals surface area contributed by atoms with Crippen LogP contribution in [0.5, 0.6) is 0 Å². The van der Waals surface area contributed by atoms with E-state index in [0.29, 0.717) is 0 Å². The third kappa shape index (κ3) is 14.7. The highest BCUT2D eigenvalue weighted by Gasteiger charge is 2.05. The molecule has 0 fully saturated rings. The van der Waals surface area contributed by atoms with Gasteiger partial charge in [0.2, 0.25) is 0 Å². The molecule has 0 rings (SSSR count). The minimum atomic E-state index is -1.14. The Labute approximate surface area is 86.2 Å². The number of carboxylic acids is 3. The number of carbonyl (C=O) groups is 3. The second-order valence-corrected chi connectivity index (χ2v) is 2.34. The third-order valence-electron chi connectivity index (χ3n) is 1.12. The van der Waals surface area contributed by atoms with Crippen LogP contribution in [0.4, 0.5) is 0 Å². The van der Waals surface area contributed by atoms with Gasteiger partial charge >= 0.3 is 17.9 Å². The van der Waals surface area contributed by atoms with Crippen molar-refractivity contribution in [1.82, 2.24) is 0 Å². The Hall–Kier alpha value is -2.11. The van der Waals surface area contributed by atoms with Crippen molar-refractivity contribution in [2.75, 3.05) is 0 Å². The van der Waals surface area contributed by atoms with E-state index in [4.69, 9.17) is 15.3 Å². The average Bonchev–Trinajstić information content (AvgIpc) is 2.14. The van der Waals surface area contributed by atoms with Crippen molar-refractivity contribution in [1.29, 1.82) is 0 Å². The second-order valence-electron chi connectivity index (χ2n) is 2.34. The zero-order chi connectivity index (χ0) is 12.4. The maximum atomic E-state index is 10.0. The van der Waals surface area contributed by atoms with Gasteiger partial charge in [0.05, 0.1) is 0 Å². The zero-order valence-electron chi connectivity index (χ0n) is 7.97. The van der Waals surface area contributed by atoms with E-state index < -0.39 is 17.9 Å². The Morgan fingerprint density at radius 3 is 1.67 bits per heavy atom. The molecule has 0 saturated heterocycles. The van der Waals surface area contributed by atoms with Crippen LogP contribution in [0.1, 0.15) is 12.8 Å². The van der Waals surface area contributed by atoms with E-state index in [1.807, 2.05) is 0 Å². The standard InChI is InChI=1S/C6H8O4.C3H4O2/c1-4(6(9)10)2-3-5(7)8;1-2-3(4)5/h1-3H2,(H,7,8)(H,9,10);2H,1H2,(H,4,5). The van der Waals surface area contributed by atoms with Gasteiger partial charge < -0.3 is 15.3 Å². The topological polar surface area (TPSA) is 112 Å². The summed E-state index contributed by atoms with van der Waals surface area (Å²) >= 11 is 0. The van der Waals surface area contributed by atoms with Crippen LogP contribution in [0.25, 0.3) is 0 Å². The predicted molar refractivity (Wildman–Crippen MR) is 51.5 cm³/mol. The van der Waals surface area contributed by atoms with Crippen molar-refractivity contribution in [2.24, 2.45) is 0 Å². The molecule has 0 aromatic carbocycles. The highest BCUT2D eigenvalue weighted by atomic mass is 16.4. The Morgan fingerprint density at radius 2 is 1.47 bits per heavy atom.